The third-order valence-electron chi connectivity index (χ3n) is 1.98. The molecule has 1 fully saturated rings. The molecular formula is C9H11NO3S2. The molecule has 1 aliphatic rings. The lowest BCUT2D eigenvalue weighted by molar-refractivity contribution is 0.0594. The van der Waals surface area contributed by atoms with Gasteiger partial charge < -0.3 is 9.15 Å². The van der Waals surface area contributed by atoms with Gasteiger partial charge in [0, 0.05) is 17.9 Å². The lowest BCUT2D eigenvalue weighted by atomic mass is 10.4. The number of oxazole rings is 1. The minimum Gasteiger partial charge on any atom is -0.464 e. The predicted octanol–water partition coefficient (Wildman–Crippen LogP) is 1.81. The van der Waals surface area contributed by atoms with Crippen molar-refractivity contribution in [1.82, 2.24) is 4.98 Å². The average molecular weight is 245 g/mol. The lowest BCUT2D eigenvalue weighted by Crippen LogP contribution is -2.03. The zero-order valence-corrected chi connectivity index (χ0v) is 9.90. The maximum atomic E-state index is 11.1. The number of carbonyl (C=O) groups excluding carboxylic acids is 1. The Kier molecular flexibility index (Phi) is 3.58. The number of esters is 1. The smallest absolute Gasteiger partial charge is 0.360 e. The van der Waals surface area contributed by atoms with Gasteiger partial charge in [0.1, 0.15) is 6.26 Å². The van der Waals surface area contributed by atoms with Crippen LogP contribution in [0, 0.1) is 0 Å². The molecule has 1 saturated heterocycles. The second kappa shape index (κ2) is 4.94. The van der Waals surface area contributed by atoms with E-state index in [2.05, 4.69) is 9.72 Å². The molecule has 1 aromatic heterocycles. The van der Waals surface area contributed by atoms with Gasteiger partial charge in [-0.3, -0.25) is 0 Å². The number of ether oxygens (including phenoxy) is 1. The van der Waals surface area contributed by atoms with E-state index in [1.54, 1.807) is 0 Å². The number of carbonyl (C=O) groups is 1. The van der Waals surface area contributed by atoms with Gasteiger partial charge >= 0.3 is 5.97 Å². The Bertz CT molecular complexity index is 347. The normalized spacial score (nSPS) is 16.9. The Balaban J connectivity index is 1.97. The standard InChI is InChI=1S/C9H11NO3S2/c1-12-9(11)6-5-13-7(10-6)4-8-14-2-3-15-8/h5,8H,2-4H2,1H3. The first-order valence-corrected chi connectivity index (χ1v) is 6.65. The van der Waals surface area contributed by atoms with Crippen molar-refractivity contribution in [2.75, 3.05) is 18.6 Å². The summed E-state index contributed by atoms with van der Waals surface area (Å²) in [6, 6.07) is 0. The van der Waals surface area contributed by atoms with Crippen LogP contribution in [-0.2, 0) is 11.2 Å². The van der Waals surface area contributed by atoms with Crippen LogP contribution in [-0.4, -0.2) is 34.2 Å². The highest BCUT2D eigenvalue weighted by Crippen LogP contribution is 2.34. The number of methoxy groups -OCH3 is 1. The maximum Gasteiger partial charge on any atom is 0.360 e. The van der Waals surface area contributed by atoms with Gasteiger partial charge in [-0.25, -0.2) is 9.78 Å². The van der Waals surface area contributed by atoms with Crippen molar-refractivity contribution in [3.05, 3.63) is 17.8 Å². The number of thioether (sulfide) groups is 2. The highest BCUT2D eigenvalue weighted by Gasteiger charge is 2.20. The van der Waals surface area contributed by atoms with Crippen LogP contribution in [0.15, 0.2) is 10.7 Å². The summed E-state index contributed by atoms with van der Waals surface area (Å²) in [6.45, 7) is 0. The second-order valence-corrected chi connectivity index (χ2v) is 5.91. The van der Waals surface area contributed by atoms with E-state index in [0.717, 1.165) is 6.42 Å². The summed E-state index contributed by atoms with van der Waals surface area (Å²) in [5.41, 5.74) is 0.250. The van der Waals surface area contributed by atoms with Gasteiger partial charge in [0.25, 0.3) is 0 Å². The Morgan fingerprint density at radius 1 is 1.67 bits per heavy atom. The monoisotopic (exact) mass is 245 g/mol. The Hall–Kier alpha value is -0.620. The molecule has 2 heterocycles. The number of aromatic nitrogens is 1. The Labute approximate surface area is 96.2 Å². The fourth-order valence-electron chi connectivity index (χ4n) is 1.27. The minimum absolute atomic E-state index is 0.250. The van der Waals surface area contributed by atoms with E-state index >= 15 is 0 Å². The summed E-state index contributed by atoms with van der Waals surface area (Å²) in [4.78, 5) is 15.2. The number of rotatable bonds is 3. The van der Waals surface area contributed by atoms with E-state index in [1.165, 1.54) is 24.9 Å². The van der Waals surface area contributed by atoms with E-state index in [4.69, 9.17) is 4.42 Å². The number of hydrogen-bond donors (Lipinski definition) is 0. The van der Waals surface area contributed by atoms with Crippen molar-refractivity contribution in [2.45, 2.75) is 11.0 Å². The van der Waals surface area contributed by atoms with E-state index in [1.807, 2.05) is 23.5 Å². The molecule has 1 aromatic rings. The number of nitrogens with zero attached hydrogens (tertiary/aromatic N) is 1. The molecule has 0 aliphatic carbocycles. The zero-order valence-electron chi connectivity index (χ0n) is 8.26. The first-order valence-electron chi connectivity index (χ1n) is 4.55. The highest BCUT2D eigenvalue weighted by molar-refractivity contribution is 8.20. The first kappa shape index (κ1) is 10.9. The second-order valence-electron chi connectivity index (χ2n) is 2.99. The molecule has 82 valence electrons. The summed E-state index contributed by atoms with van der Waals surface area (Å²) < 4.78 is 10.3. The Morgan fingerprint density at radius 2 is 2.40 bits per heavy atom. The van der Waals surface area contributed by atoms with Crippen LogP contribution < -0.4 is 0 Å². The molecule has 0 spiro atoms. The molecule has 0 unspecified atom stereocenters. The maximum absolute atomic E-state index is 11.1. The van der Waals surface area contributed by atoms with E-state index in [-0.39, 0.29) is 5.69 Å². The van der Waals surface area contributed by atoms with Crippen molar-refractivity contribution in [2.24, 2.45) is 0 Å². The van der Waals surface area contributed by atoms with Gasteiger partial charge in [-0.1, -0.05) is 0 Å². The SMILES string of the molecule is COC(=O)c1coc(CC2SCCS2)n1. The number of hydrogen-bond acceptors (Lipinski definition) is 6. The van der Waals surface area contributed by atoms with Gasteiger partial charge in [-0.15, -0.1) is 23.5 Å². The first-order chi connectivity index (χ1) is 7.29. The molecule has 6 heteroatoms. The summed E-state index contributed by atoms with van der Waals surface area (Å²) in [5, 5.41) is 0. The fourth-order valence-corrected chi connectivity index (χ4v) is 4.05. The third-order valence-corrected chi connectivity index (χ3v) is 5.01. The van der Waals surface area contributed by atoms with Crippen LogP contribution in [0.2, 0.25) is 0 Å². The summed E-state index contributed by atoms with van der Waals surface area (Å²) in [6.07, 6.45) is 2.12. The van der Waals surface area contributed by atoms with Gasteiger partial charge in [-0.2, -0.15) is 0 Å². The van der Waals surface area contributed by atoms with E-state index in [9.17, 15) is 4.79 Å². The van der Waals surface area contributed by atoms with Crippen LogP contribution in [0.5, 0.6) is 0 Å². The van der Waals surface area contributed by atoms with Gasteiger partial charge in [0.2, 0.25) is 0 Å². The van der Waals surface area contributed by atoms with Gasteiger partial charge in [0.15, 0.2) is 11.6 Å². The molecule has 1 aliphatic heterocycles. The van der Waals surface area contributed by atoms with Crippen LogP contribution in [0.1, 0.15) is 16.4 Å². The topological polar surface area (TPSA) is 52.3 Å². The van der Waals surface area contributed by atoms with Gasteiger partial charge in [0.05, 0.1) is 11.7 Å². The van der Waals surface area contributed by atoms with Crippen LogP contribution in [0.3, 0.4) is 0 Å². The lowest BCUT2D eigenvalue weighted by Gasteiger charge is -2.02. The molecule has 0 amide bonds. The molecule has 0 radical (unpaired) electrons. The molecule has 0 atom stereocenters. The summed E-state index contributed by atoms with van der Waals surface area (Å²) >= 11 is 3.81. The minimum atomic E-state index is -0.447. The van der Waals surface area contributed by atoms with Crippen LogP contribution >= 0.6 is 23.5 Å². The van der Waals surface area contributed by atoms with Crippen molar-refractivity contribution < 1.29 is 13.9 Å². The van der Waals surface area contributed by atoms with Crippen molar-refractivity contribution in [3.63, 3.8) is 0 Å². The molecule has 0 bridgehead atoms. The van der Waals surface area contributed by atoms with Crippen LogP contribution in [0.25, 0.3) is 0 Å². The molecule has 4 nitrogen and oxygen atoms in total. The van der Waals surface area contributed by atoms with Crippen molar-refractivity contribution in [1.29, 1.82) is 0 Å². The third kappa shape index (κ3) is 2.69. The molecule has 15 heavy (non-hydrogen) atoms. The molecule has 0 saturated carbocycles. The van der Waals surface area contributed by atoms with E-state index < -0.39 is 5.97 Å². The van der Waals surface area contributed by atoms with Crippen LogP contribution in [0.4, 0.5) is 0 Å². The highest BCUT2D eigenvalue weighted by atomic mass is 32.2. The quantitative estimate of drug-likeness (QED) is 0.757. The molecule has 0 aromatic carbocycles. The van der Waals surface area contributed by atoms with E-state index in [0.29, 0.717) is 10.5 Å². The summed E-state index contributed by atoms with van der Waals surface area (Å²) in [7, 11) is 1.33. The largest absolute Gasteiger partial charge is 0.464 e. The van der Waals surface area contributed by atoms with Crippen molar-refractivity contribution in [3.8, 4) is 0 Å². The Morgan fingerprint density at radius 3 is 3.07 bits per heavy atom. The van der Waals surface area contributed by atoms with Gasteiger partial charge in [-0.05, 0) is 0 Å². The molecular weight excluding hydrogens is 234 g/mol. The molecule has 0 N–H and O–H groups in total. The molecule has 2 rings (SSSR count). The fraction of sp³-hybridized carbons (Fsp3) is 0.556. The summed E-state index contributed by atoms with van der Waals surface area (Å²) in [5.74, 6) is 2.53. The van der Waals surface area contributed by atoms with Crippen molar-refractivity contribution >= 4 is 29.5 Å². The average Bonchev–Trinajstić information content (AvgIpc) is 2.88. The predicted molar refractivity (Wildman–Crippen MR) is 60.3 cm³/mol. The zero-order chi connectivity index (χ0) is 10.7.